The zero-order valence-corrected chi connectivity index (χ0v) is 80.0. The van der Waals surface area contributed by atoms with Gasteiger partial charge in [-0.3, -0.25) is 43.5 Å². The van der Waals surface area contributed by atoms with E-state index in [1.165, 1.54) is 32.8 Å². The number of aliphatic hydroxyl groups excluding tert-OH is 2. The minimum atomic E-state index is -0.225. The van der Waals surface area contributed by atoms with E-state index in [2.05, 4.69) is 233 Å². The Hall–Kier alpha value is -3.26. The maximum Gasteiger partial charge on any atom is 0.306 e. The lowest BCUT2D eigenvalue weighted by Gasteiger charge is -2.33. The summed E-state index contributed by atoms with van der Waals surface area (Å²) < 4.78 is 9.50. The van der Waals surface area contributed by atoms with Gasteiger partial charge in [0.25, 0.3) is 0 Å². The van der Waals surface area contributed by atoms with Gasteiger partial charge in [-0.05, 0) is 124 Å². The molecule has 3 atom stereocenters. The smallest absolute Gasteiger partial charge is 0.306 e. The molecule has 22 nitrogen and oxygen atoms in total. The van der Waals surface area contributed by atoms with Crippen LogP contribution in [0, 0.1) is 23.7 Å². The van der Waals surface area contributed by atoms with Crippen molar-refractivity contribution >= 4 is 35.3 Å². The molecule has 1 aliphatic heterocycles. The Bertz CT molecular complexity index is 1980. The molecule has 0 saturated carbocycles. The fourth-order valence-corrected chi connectivity index (χ4v) is 9.98. The average Bonchev–Trinajstić information content (AvgIpc) is 1.38. The summed E-state index contributed by atoms with van der Waals surface area (Å²) in [7, 11) is 1.40. The van der Waals surface area contributed by atoms with E-state index in [9.17, 15) is 28.8 Å². The SMILES string of the molecule is CC(C)N.CC(O)CNC(C)C.CC(O)CNC(C)C.CC1CO1.CCC.CCC.CCC.CCC.COC(=O)CCN(CCNCCC(=O)NCCN(CCN(C(C)C)C(C)C)C(=O)CCNCCN(CCC(=O)CCC(C)C)CCN(CCCCC(C)C)C(=O)CCN(CCC(=O)CCC(C)C)CCC(C)C)C(C)C. The largest absolute Gasteiger partial charge is 0.469 e. The van der Waals surface area contributed by atoms with Crippen LogP contribution in [0.5, 0.6) is 0 Å². The molecule has 3 unspecified atom stereocenters. The fourth-order valence-electron chi connectivity index (χ4n) is 9.98. The number of ketones is 2. The maximum absolute atomic E-state index is 14.1. The highest BCUT2D eigenvalue weighted by molar-refractivity contribution is 5.79. The number of epoxide rings is 1. The molecule has 22 heteroatoms. The predicted octanol–water partition coefficient (Wildman–Crippen LogP) is 14.9. The van der Waals surface area contributed by atoms with Crippen LogP contribution in [0.15, 0.2) is 0 Å². The van der Waals surface area contributed by atoms with Gasteiger partial charge in [-0.25, -0.2) is 0 Å². The summed E-state index contributed by atoms with van der Waals surface area (Å²) in [6.07, 6.45) is 14.7. The first-order chi connectivity index (χ1) is 52.5. The molecule has 1 saturated heterocycles. The minimum absolute atomic E-state index is 0.0394. The van der Waals surface area contributed by atoms with Crippen molar-refractivity contribution < 1.29 is 48.5 Å². The van der Waals surface area contributed by atoms with Gasteiger partial charge in [0, 0.05) is 200 Å². The van der Waals surface area contributed by atoms with Crippen molar-refractivity contribution in [2.75, 3.05) is 145 Å². The van der Waals surface area contributed by atoms with E-state index in [-0.39, 0.29) is 47.7 Å². The second-order valence-corrected chi connectivity index (χ2v) is 34.0. The Morgan fingerprint density at radius 3 is 1.18 bits per heavy atom. The Morgan fingerprint density at radius 1 is 0.420 bits per heavy atom. The molecule has 0 aromatic heterocycles. The monoisotopic (exact) mass is 1610 g/mol. The van der Waals surface area contributed by atoms with E-state index in [1.807, 2.05) is 23.6 Å². The van der Waals surface area contributed by atoms with Gasteiger partial charge in [0.05, 0.1) is 38.4 Å². The number of nitrogens with one attached hydrogen (secondary N) is 5. The van der Waals surface area contributed by atoms with Crippen molar-refractivity contribution in [1.29, 1.82) is 0 Å². The molecule has 0 bridgehead atoms. The molecular formula is C90H196N12O10. The summed E-state index contributed by atoms with van der Waals surface area (Å²) in [5.41, 5.74) is 5.11. The van der Waals surface area contributed by atoms with E-state index >= 15 is 0 Å². The van der Waals surface area contributed by atoms with Gasteiger partial charge in [-0.15, -0.1) is 0 Å². The number of hydrogen-bond donors (Lipinski definition) is 8. The van der Waals surface area contributed by atoms with Crippen LogP contribution in [0.25, 0.3) is 0 Å². The minimum Gasteiger partial charge on any atom is -0.469 e. The highest BCUT2D eigenvalue weighted by Gasteiger charge is 2.22. The van der Waals surface area contributed by atoms with Crippen molar-refractivity contribution in [3.8, 4) is 0 Å². The van der Waals surface area contributed by atoms with Crippen LogP contribution in [0.4, 0.5) is 0 Å². The van der Waals surface area contributed by atoms with Crippen molar-refractivity contribution in [1.82, 2.24) is 56.0 Å². The van der Waals surface area contributed by atoms with Crippen molar-refractivity contribution in [2.24, 2.45) is 29.4 Å². The highest BCUT2D eigenvalue weighted by Crippen LogP contribution is 2.14. The van der Waals surface area contributed by atoms with Crippen LogP contribution < -0.4 is 32.3 Å². The second kappa shape index (κ2) is 88.5. The molecule has 676 valence electrons. The lowest BCUT2D eigenvalue weighted by molar-refractivity contribution is -0.141. The number of esters is 1. The van der Waals surface area contributed by atoms with E-state index in [1.54, 1.807) is 13.8 Å². The molecule has 0 spiro atoms. The van der Waals surface area contributed by atoms with E-state index in [0.717, 1.165) is 64.8 Å². The number of methoxy groups -OCH3 is 1. The average molecular weight is 1610 g/mol. The molecule has 0 aromatic carbocycles. The molecule has 9 N–H and O–H groups in total. The topological polar surface area (TPSA) is 270 Å². The lowest BCUT2D eigenvalue weighted by Crippen LogP contribution is -2.46. The number of carbonyl (C=O) groups is 6. The number of rotatable bonds is 56. The zero-order chi connectivity index (χ0) is 88.0. The summed E-state index contributed by atoms with van der Waals surface area (Å²) >= 11 is 0. The summed E-state index contributed by atoms with van der Waals surface area (Å²) in [5, 5.41) is 33.6. The van der Waals surface area contributed by atoms with E-state index in [4.69, 9.17) is 25.4 Å². The molecule has 1 heterocycles. The number of carbonyl (C=O) groups excluding carboxylic acids is 6. The molecule has 1 rings (SSSR count). The van der Waals surface area contributed by atoms with Gasteiger partial charge in [-0.2, -0.15) is 0 Å². The molecule has 1 aliphatic rings. The summed E-state index contributed by atoms with van der Waals surface area (Å²) in [5.74, 6) is 2.58. The number of ether oxygens (including phenoxy) is 2. The Morgan fingerprint density at radius 2 is 0.804 bits per heavy atom. The normalized spacial score (nSPS) is 12.7. The number of hydrogen-bond acceptors (Lipinski definition) is 19. The van der Waals surface area contributed by atoms with Crippen LogP contribution in [0.3, 0.4) is 0 Å². The standard InChI is InChI=1S/C60H119N9O7.2C6H15NO.C3H9N.C3H6O.4C3H8/c1-48(2)18-16-17-35-67(59(74)28-39-64(36-25-51(7)8)37-26-55(70)21-19-49(3)4)45-44-65(38-27-56(71)22-20-50(5)6)41-32-62-31-24-58(73)68(46-47-69(53(11)12)54(13)14)43-34-63-57(72)23-30-61-33-42-66(52(9)10)40-29-60(75)76-15;2*1-5(2)7-4-6(3)8;1-3(2)4;1-3-2-4-3;4*1-3-2/h48-54,61-62H,16-47H2,1-15H3,(H,63,72);2*5-8H,4H2,1-3H3;3H,4H2,1-2H3;3H,2H2,1H3;4*3H2,1-2H3. The van der Waals surface area contributed by atoms with Crippen molar-refractivity contribution in [3.05, 3.63) is 0 Å². The molecule has 3 amide bonds. The van der Waals surface area contributed by atoms with Gasteiger partial charge in [0.2, 0.25) is 17.7 Å². The van der Waals surface area contributed by atoms with Crippen LogP contribution in [0.2, 0.25) is 0 Å². The number of aliphatic hydroxyl groups is 2. The van der Waals surface area contributed by atoms with Crippen molar-refractivity contribution in [2.45, 2.75) is 385 Å². The van der Waals surface area contributed by atoms with E-state index < -0.39 is 0 Å². The van der Waals surface area contributed by atoms with Crippen LogP contribution in [-0.2, 0) is 38.2 Å². The van der Waals surface area contributed by atoms with Crippen LogP contribution in [0.1, 0.15) is 330 Å². The number of nitrogens with zero attached hydrogens (tertiary/aromatic N) is 6. The predicted molar refractivity (Wildman–Crippen MR) is 483 cm³/mol. The third-order valence-corrected chi connectivity index (χ3v) is 16.5. The first-order valence-corrected chi connectivity index (χ1v) is 45.0. The van der Waals surface area contributed by atoms with Gasteiger partial charge < -0.3 is 66.7 Å². The molecule has 112 heavy (non-hydrogen) atoms. The molecule has 1 fully saturated rings. The van der Waals surface area contributed by atoms with Gasteiger partial charge >= 0.3 is 5.97 Å². The fraction of sp³-hybridized carbons (Fsp3) is 0.933. The van der Waals surface area contributed by atoms with Crippen LogP contribution in [-0.4, -0.2) is 274 Å². The quantitative estimate of drug-likeness (QED) is 0.0160. The van der Waals surface area contributed by atoms with Crippen LogP contribution >= 0.6 is 0 Å². The van der Waals surface area contributed by atoms with Gasteiger partial charge in [0.1, 0.15) is 11.6 Å². The molecular weight excluding hydrogens is 1410 g/mol. The summed E-state index contributed by atoms with van der Waals surface area (Å²) in [6.45, 7) is 78.8. The summed E-state index contributed by atoms with van der Waals surface area (Å²) in [6, 6.07) is 2.22. The maximum atomic E-state index is 14.1. The number of nitrogens with two attached hydrogens (primary N) is 1. The Labute approximate surface area is 695 Å². The van der Waals surface area contributed by atoms with E-state index in [0.29, 0.717) is 228 Å². The van der Waals surface area contributed by atoms with Crippen molar-refractivity contribution in [3.63, 3.8) is 0 Å². The summed E-state index contributed by atoms with van der Waals surface area (Å²) in [4.78, 5) is 91.5. The van der Waals surface area contributed by atoms with Gasteiger partial charge in [-0.1, -0.05) is 191 Å². The first-order valence-electron chi connectivity index (χ1n) is 45.0. The lowest BCUT2D eigenvalue weighted by atomic mass is 10.0. The Kier molecular flexibility index (Phi) is 98.3. The molecule has 0 radical (unpaired) electrons. The number of unbranched alkanes of at least 4 members (excludes halogenated alkanes) is 1. The third-order valence-electron chi connectivity index (χ3n) is 16.5. The number of Topliss-reactive ketones (excluding diaryl/α,β-unsaturated/α-hetero) is 2. The first kappa shape index (κ1) is 124. The molecule has 0 aliphatic carbocycles. The zero-order valence-electron chi connectivity index (χ0n) is 80.0. The third kappa shape index (κ3) is 107. The second-order valence-electron chi connectivity index (χ2n) is 34.0. The molecule has 0 aromatic rings. The Balaban J connectivity index is -0.000000408. The van der Waals surface area contributed by atoms with Gasteiger partial charge in [0.15, 0.2) is 0 Å². The highest BCUT2D eigenvalue weighted by atomic mass is 16.6. The number of amides is 3.